The average molecular weight is 220 g/mol. The van der Waals surface area contributed by atoms with Gasteiger partial charge >= 0.3 is 0 Å². The number of piperidine rings is 1. The molecular weight excluding hydrogens is 200 g/mol. The summed E-state index contributed by atoms with van der Waals surface area (Å²) in [6, 6.07) is 0. The molecule has 2 heterocycles. The van der Waals surface area contributed by atoms with Gasteiger partial charge in [-0.3, -0.25) is 0 Å². The van der Waals surface area contributed by atoms with E-state index in [0.717, 1.165) is 31.0 Å². The molecule has 1 aromatic heterocycles. The highest BCUT2D eigenvalue weighted by Crippen LogP contribution is 2.24. The summed E-state index contributed by atoms with van der Waals surface area (Å²) < 4.78 is 0. The lowest BCUT2D eigenvalue weighted by Crippen LogP contribution is -2.31. The Morgan fingerprint density at radius 2 is 1.88 bits per heavy atom. The monoisotopic (exact) mass is 220 g/mol. The van der Waals surface area contributed by atoms with Gasteiger partial charge in [-0.15, -0.1) is 0 Å². The zero-order valence-electron chi connectivity index (χ0n) is 10.2. The first-order chi connectivity index (χ1) is 7.72. The number of hydrogen-bond acceptors (Lipinski definition) is 4. The Morgan fingerprint density at radius 1 is 1.19 bits per heavy atom. The van der Waals surface area contributed by atoms with Crippen LogP contribution in [0.15, 0.2) is 0 Å². The van der Waals surface area contributed by atoms with Crippen LogP contribution in [0, 0.1) is 6.92 Å². The van der Waals surface area contributed by atoms with Crippen LogP contribution in [-0.2, 0) is 6.42 Å². The zero-order valence-corrected chi connectivity index (χ0v) is 10.2. The SMILES string of the molecule is CCc1c(C)nc(N)nc1N1CCCCC1. The van der Waals surface area contributed by atoms with Crippen LogP contribution in [0.25, 0.3) is 0 Å². The quantitative estimate of drug-likeness (QED) is 0.827. The Labute approximate surface area is 96.9 Å². The van der Waals surface area contributed by atoms with Crippen molar-refractivity contribution in [2.24, 2.45) is 0 Å². The summed E-state index contributed by atoms with van der Waals surface area (Å²) in [5.41, 5.74) is 8.01. The molecule has 1 fully saturated rings. The Morgan fingerprint density at radius 3 is 2.50 bits per heavy atom. The van der Waals surface area contributed by atoms with Crippen molar-refractivity contribution < 1.29 is 0 Å². The molecule has 0 spiro atoms. The van der Waals surface area contributed by atoms with Crippen molar-refractivity contribution in [3.63, 3.8) is 0 Å². The van der Waals surface area contributed by atoms with Crippen molar-refractivity contribution in [2.45, 2.75) is 39.5 Å². The number of nitrogens with two attached hydrogens (primary N) is 1. The fraction of sp³-hybridized carbons (Fsp3) is 0.667. The smallest absolute Gasteiger partial charge is 0.222 e. The van der Waals surface area contributed by atoms with E-state index in [1.165, 1.54) is 24.8 Å². The molecule has 4 heteroatoms. The van der Waals surface area contributed by atoms with E-state index in [-0.39, 0.29) is 0 Å². The summed E-state index contributed by atoms with van der Waals surface area (Å²) >= 11 is 0. The van der Waals surface area contributed by atoms with Gasteiger partial charge in [0.25, 0.3) is 0 Å². The molecule has 1 aliphatic rings. The minimum atomic E-state index is 0.398. The van der Waals surface area contributed by atoms with E-state index in [9.17, 15) is 0 Å². The van der Waals surface area contributed by atoms with Gasteiger partial charge in [0, 0.05) is 24.3 Å². The number of hydrogen-bond donors (Lipinski definition) is 1. The maximum absolute atomic E-state index is 5.74. The van der Waals surface area contributed by atoms with E-state index in [1.54, 1.807) is 0 Å². The van der Waals surface area contributed by atoms with Crippen molar-refractivity contribution >= 4 is 11.8 Å². The molecule has 88 valence electrons. The number of aromatic nitrogens is 2. The molecule has 2 rings (SSSR count). The van der Waals surface area contributed by atoms with Crippen LogP contribution in [0.5, 0.6) is 0 Å². The predicted octanol–water partition coefficient (Wildman–Crippen LogP) is 1.92. The van der Waals surface area contributed by atoms with Crippen molar-refractivity contribution in [1.29, 1.82) is 0 Å². The summed E-state index contributed by atoms with van der Waals surface area (Å²) in [5.74, 6) is 1.46. The van der Waals surface area contributed by atoms with Crippen molar-refractivity contribution in [3.8, 4) is 0 Å². The lowest BCUT2D eigenvalue weighted by molar-refractivity contribution is 0.571. The first-order valence-electron chi connectivity index (χ1n) is 6.10. The van der Waals surface area contributed by atoms with Gasteiger partial charge in [0.2, 0.25) is 5.95 Å². The maximum Gasteiger partial charge on any atom is 0.222 e. The molecule has 4 nitrogen and oxygen atoms in total. The van der Waals surface area contributed by atoms with E-state index in [1.807, 2.05) is 6.92 Å². The first-order valence-corrected chi connectivity index (χ1v) is 6.10. The second-order valence-corrected chi connectivity index (χ2v) is 4.37. The highest BCUT2D eigenvalue weighted by Gasteiger charge is 2.17. The third kappa shape index (κ3) is 2.10. The summed E-state index contributed by atoms with van der Waals surface area (Å²) in [7, 11) is 0. The lowest BCUT2D eigenvalue weighted by Gasteiger charge is -2.29. The standard InChI is InChI=1S/C12H20N4/c1-3-10-9(2)14-12(13)15-11(10)16-7-5-4-6-8-16/h3-8H2,1-2H3,(H2,13,14,15). The fourth-order valence-corrected chi connectivity index (χ4v) is 2.38. The minimum Gasteiger partial charge on any atom is -0.368 e. The average Bonchev–Trinajstić information content (AvgIpc) is 2.29. The molecule has 0 amide bonds. The number of anilines is 2. The van der Waals surface area contributed by atoms with Crippen molar-refractivity contribution in [3.05, 3.63) is 11.3 Å². The van der Waals surface area contributed by atoms with Crippen LogP contribution < -0.4 is 10.6 Å². The van der Waals surface area contributed by atoms with Crippen LogP contribution in [0.2, 0.25) is 0 Å². The molecule has 0 aromatic carbocycles. The lowest BCUT2D eigenvalue weighted by atomic mass is 10.1. The van der Waals surface area contributed by atoms with Crippen LogP contribution in [0.4, 0.5) is 11.8 Å². The van der Waals surface area contributed by atoms with Gasteiger partial charge in [0.05, 0.1) is 0 Å². The molecule has 16 heavy (non-hydrogen) atoms. The molecule has 0 atom stereocenters. The molecule has 1 aliphatic heterocycles. The molecular formula is C12H20N4. The third-order valence-corrected chi connectivity index (χ3v) is 3.22. The Bertz CT molecular complexity index is 370. The van der Waals surface area contributed by atoms with Crippen molar-refractivity contribution in [1.82, 2.24) is 9.97 Å². The Balaban J connectivity index is 2.36. The van der Waals surface area contributed by atoms with Gasteiger partial charge in [-0.1, -0.05) is 6.92 Å². The number of nitrogen functional groups attached to an aromatic ring is 1. The highest BCUT2D eigenvalue weighted by atomic mass is 15.2. The molecule has 0 radical (unpaired) electrons. The number of aryl methyl sites for hydroxylation is 1. The summed E-state index contributed by atoms with van der Waals surface area (Å²) in [6.07, 6.45) is 4.81. The molecule has 0 bridgehead atoms. The molecule has 1 saturated heterocycles. The molecule has 0 saturated carbocycles. The molecule has 1 aromatic rings. The zero-order chi connectivity index (χ0) is 11.5. The van der Waals surface area contributed by atoms with Gasteiger partial charge in [-0.2, -0.15) is 4.98 Å². The van der Waals surface area contributed by atoms with Crippen LogP contribution in [-0.4, -0.2) is 23.1 Å². The van der Waals surface area contributed by atoms with Crippen molar-refractivity contribution in [2.75, 3.05) is 23.7 Å². The fourth-order valence-electron chi connectivity index (χ4n) is 2.38. The van der Waals surface area contributed by atoms with Crippen LogP contribution in [0.3, 0.4) is 0 Å². The maximum atomic E-state index is 5.74. The summed E-state index contributed by atoms with van der Waals surface area (Å²) in [5, 5.41) is 0. The first kappa shape index (κ1) is 11.2. The highest BCUT2D eigenvalue weighted by molar-refractivity contribution is 5.51. The van der Waals surface area contributed by atoms with Gasteiger partial charge in [0.1, 0.15) is 5.82 Å². The second-order valence-electron chi connectivity index (χ2n) is 4.37. The predicted molar refractivity (Wildman–Crippen MR) is 66.6 cm³/mol. The van der Waals surface area contributed by atoms with E-state index in [2.05, 4.69) is 21.8 Å². The van der Waals surface area contributed by atoms with E-state index >= 15 is 0 Å². The van der Waals surface area contributed by atoms with Crippen LogP contribution in [0.1, 0.15) is 37.4 Å². The van der Waals surface area contributed by atoms with Crippen LogP contribution >= 0.6 is 0 Å². The van der Waals surface area contributed by atoms with Gasteiger partial charge < -0.3 is 10.6 Å². The van der Waals surface area contributed by atoms with E-state index in [0.29, 0.717) is 5.95 Å². The Kier molecular flexibility index (Phi) is 3.27. The summed E-state index contributed by atoms with van der Waals surface area (Å²) in [4.78, 5) is 11.0. The van der Waals surface area contributed by atoms with E-state index < -0.39 is 0 Å². The topological polar surface area (TPSA) is 55.0 Å². The normalized spacial score (nSPS) is 16.5. The molecule has 0 unspecified atom stereocenters. The van der Waals surface area contributed by atoms with E-state index in [4.69, 9.17) is 5.73 Å². The largest absolute Gasteiger partial charge is 0.368 e. The number of rotatable bonds is 2. The summed E-state index contributed by atoms with van der Waals surface area (Å²) in [6.45, 7) is 6.37. The Hall–Kier alpha value is -1.32. The van der Waals surface area contributed by atoms with Gasteiger partial charge in [-0.05, 0) is 32.6 Å². The number of nitrogens with zero attached hydrogens (tertiary/aromatic N) is 3. The van der Waals surface area contributed by atoms with Gasteiger partial charge in [0.15, 0.2) is 0 Å². The van der Waals surface area contributed by atoms with Gasteiger partial charge in [-0.25, -0.2) is 4.98 Å². The molecule has 0 aliphatic carbocycles. The molecule has 2 N–H and O–H groups in total. The second kappa shape index (κ2) is 4.68. The third-order valence-electron chi connectivity index (χ3n) is 3.22. The minimum absolute atomic E-state index is 0.398.